The van der Waals surface area contributed by atoms with E-state index in [9.17, 15) is 19.5 Å². The van der Waals surface area contributed by atoms with Crippen molar-refractivity contribution >= 4 is 40.6 Å². The van der Waals surface area contributed by atoms with Gasteiger partial charge in [0.2, 0.25) is 0 Å². The number of hydrogen-bond acceptors (Lipinski definition) is 5. The fourth-order valence-electron chi connectivity index (χ4n) is 0.732. The molecule has 0 aromatic carbocycles. The Balaban J connectivity index is 4.63. The van der Waals surface area contributed by atoms with Crippen LogP contribution in [0, 0.1) is 0 Å². The van der Waals surface area contributed by atoms with Crippen LogP contribution in [0.2, 0.25) is 0 Å². The van der Waals surface area contributed by atoms with E-state index in [2.05, 4.69) is 3.10 Å². The molecule has 1 atom stereocenters. The summed E-state index contributed by atoms with van der Waals surface area (Å²) in [5.41, 5.74) is -2.61. The van der Waals surface area contributed by atoms with Crippen LogP contribution < -0.4 is 0 Å². The van der Waals surface area contributed by atoms with Gasteiger partial charge >= 0.3 is 91.9 Å². The minimum absolute atomic E-state index is 0.895. The van der Waals surface area contributed by atoms with Gasteiger partial charge in [0, 0.05) is 0 Å². The zero-order valence-electron chi connectivity index (χ0n) is 6.80. The van der Waals surface area contributed by atoms with Crippen LogP contribution >= 0.6 is 0 Å². The molecule has 0 saturated carbocycles. The van der Waals surface area contributed by atoms with Crippen LogP contribution in [0.25, 0.3) is 0 Å². The number of carboxylic acids is 2. The molecular formula is C6H7O7Te. The first-order valence-corrected chi connectivity index (χ1v) is 4.27. The molecule has 0 aliphatic heterocycles. The maximum absolute atomic E-state index is 10.7. The zero-order valence-corrected chi connectivity index (χ0v) is 9.13. The van der Waals surface area contributed by atoms with Gasteiger partial charge in [-0.25, -0.2) is 0 Å². The van der Waals surface area contributed by atoms with E-state index in [1.807, 2.05) is 0 Å². The van der Waals surface area contributed by atoms with Gasteiger partial charge in [-0.15, -0.1) is 0 Å². The van der Waals surface area contributed by atoms with E-state index in [1.54, 1.807) is 0 Å². The van der Waals surface area contributed by atoms with Crippen molar-refractivity contribution in [2.75, 3.05) is 0 Å². The summed E-state index contributed by atoms with van der Waals surface area (Å²) in [6, 6.07) is 0. The van der Waals surface area contributed by atoms with E-state index in [0.29, 0.717) is 0 Å². The fourth-order valence-corrected chi connectivity index (χ4v) is 0.900. The van der Waals surface area contributed by atoms with Crippen LogP contribution in [-0.4, -0.2) is 61.5 Å². The third-order valence-electron chi connectivity index (χ3n) is 1.37. The van der Waals surface area contributed by atoms with Crippen molar-refractivity contribution < 1.29 is 32.8 Å². The quantitative estimate of drug-likeness (QED) is 0.516. The average molecular weight is 319 g/mol. The molecule has 8 heteroatoms. The maximum atomic E-state index is 10.7. The molecule has 0 fully saturated rings. The van der Waals surface area contributed by atoms with Crippen LogP contribution in [0.1, 0.15) is 12.8 Å². The molecule has 0 aromatic rings. The van der Waals surface area contributed by atoms with E-state index in [-0.39, 0.29) is 0 Å². The number of rotatable bonds is 5. The molecule has 0 aliphatic carbocycles. The summed E-state index contributed by atoms with van der Waals surface area (Å²) in [5.74, 6) is -4.27. The Labute approximate surface area is 92.1 Å². The molecule has 0 heterocycles. The second-order valence-electron chi connectivity index (χ2n) is 2.54. The van der Waals surface area contributed by atoms with Crippen molar-refractivity contribution in [3.8, 4) is 0 Å². The number of carbonyl (C=O) groups is 3. The van der Waals surface area contributed by atoms with Crippen molar-refractivity contribution in [1.29, 1.82) is 0 Å². The van der Waals surface area contributed by atoms with Gasteiger partial charge in [-0.05, 0) is 0 Å². The molecule has 14 heavy (non-hydrogen) atoms. The van der Waals surface area contributed by atoms with E-state index in [1.165, 1.54) is 0 Å². The summed E-state index contributed by atoms with van der Waals surface area (Å²) in [6.45, 7) is 0. The molecule has 1 unspecified atom stereocenters. The predicted octanol–water partition coefficient (Wildman–Crippen LogP) is -1.71. The number of hydrogen-bond donors (Lipinski definition) is 3. The first-order valence-electron chi connectivity index (χ1n) is 3.32. The predicted molar refractivity (Wildman–Crippen MR) is 41.3 cm³/mol. The van der Waals surface area contributed by atoms with Crippen LogP contribution in [0.3, 0.4) is 0 Å². The molecule has 0 saturated heterocycles. The fraction of sp³-hybridized carbons (Fsp3) is 0.500. The Hall–Kier alpha value is -0.840. The molecule has 0 bridgehead atoms. The summed E-state index contributed by atoms with van der Waals surface area (Å²) in [4.78, 5) is 31.4. The molecule has 0 rings (SSSR count). The summed E-state index contributed by atoms with van der Waals surface area (Å²) < 4.78 is 4.13. The number of carboxylic acid groups (broad SMARTS) is 2. The van der Waals surface area contributed by atoms with E-state index < -0.39 is 36.4 Å². The van der Waals surface area contributed by atoms with Crippen molar-refractivity contribution in [2.45, 2.75) is 18.4 Å². The second-order valence-corrected chi connectivity index (χ2v) is 3.02. The Morgan fingerprint density at radius 1 is 1.21 bits per heavy atom. The second kappa shape index (κ2) is 5.14. The van der Waals surface area contributed by atoms with Crippen LogP contribution in [-0.2, 0) is 17.5 Å². The van der Waals surface area contributed by atoms with Gasteiger partial charge < -0.3 is 0 Å². The van der Waals surface area contributed by atoms with Crippen LogP contribution in [0.4, 0.5) is 0 Å². The molecular weight excluding hydrogens is 312 g/mol. The summed E-state index contributed by atoms with van der Waals surface area (Å²) in [7, 11) is 0. The summed E-state index contributed by atoms with van der Waals surface area (Å²) in [5, 5.41) is 26.1. The first-order chi connectivity index (χ1) is 6.31. The molecule has 0 aromatic heterocycles. The molecule has 1 radical (unpaired) electrons. The van der Waals surface area contributed by atoms with Crippen molar-refractivity contribution in [1.82, 2.24) is 0 Å². The van der Waals surface area contributed by atoms with E-state index >= 15 is 0 Å². The normalized spacial score (nSPS) is 14.1. The molecule has 79 valence electrons. The average Bonchev–Trinajstić information content (AvgIpc) is 2.02. The third kappa shape index (κ3) is 3.91. The van der Waals surface area contributed by atoms with Gasteiger partial charge in [0.05, 0.1) is 0 Å². The van der Waals surface area contributed by atoms with Gasteiger partial charge in [-0.1, -0.05) is 0 Å². The summed E-state index contributed by atoms with van der Waals surface area (Å²) >= 11 is 0.937. The Bertz CT molecular complexity index is 263. The molecule has 0 aliphatic rings. The number of aliphatic hydroxyl groups is 1. The van der Waals surface area contributed by atoms with Crippen molar-refractivity contribution in [3.05, 3.63) is 0 Å². The molecule has 7 nitrogen and oxygen atoms in total. The molecule has 0 amide bonds. The number of carbonyl (C=O) groups excluding carboxylic acids is 1. The van der Waals surface area contributed by atoms with Gasteiger partial charge in [0.25, 0.3) is 0 Å². The third-order valence-corrected chi connectivity index (χ3v) is 1.90. The SMILES string of the molecule is O=C(O)CC(O)(CC(=O)O[Te])C(=O)O. The van der Waals surface area contributed by atoms with Gasteiger partial charge in [0.15, 0.2) is 0 Å². The van der Waals surface area contributed by atoms with E-state index in [0.717, 1.165) is 22.7 Å². The van der Waals surface area contributed by atoms with Crippen LogP contribution in [0.15, 0.2) is 0 Å². The standard InChI is InChI=1S/C6H7O7Te/c7-3(8)1-6(12,5(10)11)2-4(9)13-14/h12H,1-2H2,(H,7,8)(H,10,11). The number of aliphatic carboxylic acids is 2. The summed E-state index contributed by atoms with van der Waals surface area (Å²) in [6.07, 6.45) is -1.95. The molecule has 3 N–H and O–H groups in total. The van der Waals surface area contributed by atoms with E-state index in [4.69, 9.17) is 10.2 Å². The Morgan fingerprint density at radius 3 is 2.00 bits per heavy atom. The monoisotopic (exact) mass is 321 g/mol. The topological polar surface area (TPSA) is 121 Å². The Morgan fingerprint density at radius 2 is 1.71 bits per heavy atom. The van der Waals surface area contributed by atoms with Crippen molar-refractivity contribution in [3.63, 3.8) is 0 Å². The van der Waals surface area contributed by atoms with Crippen LogP contribution in [0.5, 0.6) is 0 Å². The molecule has 0 spiro atoms. The first kappa shape index (κ1) is 13.2. The zero-order chi connectivity index (χ0) is 11.4. The van der Waals surface area contributed by atoms with Gasteiger partial charge in [-0.2, -0.15) is 0 Å². The Kier molecular flexibility index (Phi) is 4.83. The van der Waals surface area contributed by atoms with Crippen molar-refractivity contribution in [2.24, 2.45) is 0 Å². The van der Waals surface area contributed by atoms with Gasteiger partial charge in [-0.3, -0.25) is 0 Å². The van der Waals surface area contributed by atoms with Gasteiger partial charge in [0.1, 0.15) is 0 Å². The minimum atomic E-state index is -2.61.